The molecule has 0 aliphatic heterocycles. The molecule has 0 aliphatic rings. The average Bonchev–Trinajstić information content (AvgIpc) is 1.30. The van der Waals surface area contributed by atoms with Crippen LogP contribution in [0.3, 0.4) is 0 Å². The van der Waals surface area contributed by atoms with Crippen LogP contribution >= 0.6 is 0 Å². The van der Waals surface area contributed by atoms with Gasteiger partial charge in [-0.2, -0.15) is 0 Å². The Balaban J connectivity index is 0. The number of hydrogen-bond acceptors (Lipinski definition) is 4. The molecule has 0 aromatic carbocycles. The van der Waals surface area contributed by atoms with Crippen LogP contribution in [0.25, 0.3) is 0 Å². The molecule has 0 aliphatic carbocycles. The first kappa shape index (κ1) is 11.7. The van der Waals surface area contributed by atoms with Crippen LogP contribution in [0.4, 0.5) is 0 Å². The topological polar surface area (TPSA) is 69.9 Å². The van der Waals surface area contributed by atoms with E-state index in [1.54, 1.807) is 6.92 Å². The zero-order chi connectivity index (χ0) is 5.91. The predicted molar refractivity (Wildman–Crippen MR) is 24.0 cm³/mol. The van der Waals surface area contributed by atoms with Crippen LogP contribution < -0.4 is 0 Å². The number of rotatable bonds is 2. The van der Waals surface area contributed by atoms with E-state index in [2.05, 4.69) is 4.43 Å². The first-order chi connectivity index (χ1) is 3.06. The Morgan fingerprint density at radius 3 is 1.75 bits per heavy atom. The second-order valence-corrected chi connectivity index (χ2v) is 2.44. The maximum atomic E-state index is 8.05. The quantitative estimate of drug-likeness (QED) is 0.537. The minimum Gasteiger partial charge on any atom is -0.368 e. The second kappa shape index (κ2) is 4.83. The summed E-state index contributed by atoms with van der Waals surface area (Å²) in [6.07, 6.45) is 0. The van der Waals surface area contributed by atoms with Crippen LogP contribution in [-0.2, 0) is 32.1 Å². The Morgan fingerprint density at radius 1 is 1.38 bits per heavy atom. The molecular formula is C2H8HgO4Si. The summed E-state index contributed by atoms with van der Waals surface area (Å²) in [6.45, 7) is 1.68. The van der Waals surface area contributed by atoms with Crippen LogP contribution in [-0.4, -0.2) is 30.0 Å². The molecule has 0 fully saturated rings. The molecule has 6 heteroatoms. The van der Waals surface area contributed by atoms with E-state index in [9.17, 15) is 0 Å². The maximum absolute atomic E-state index is 8.05. The van der Waals surface area contributed by atoms with Crippen molar-refractivity contribution >= 4 is 9.05 Å². The molecule has 8 heavy (non-hydrogen) atoms. The average molecular weight is 325 g/mol. The van der Waals surface area contributed by atoms with Crippen LogP contribution in [0.2, 0.25) is 0 Å². The summed E-state index contributed by atoms with van der Waals surface area (Å²) < 4.78 is 4.03. The molecule has 0 bridgehead atoms. The summed E-state index contributed by atoms with van der Waals surface area (Å²) in [4.78, 5) is 24.1. The van der Waals surface area contributed by atoms with Crippen LogP contribution in [0.15, 0.2) is 0 Å². The summed E-state index contributed by atoms with van der Waals surface area (Å²) in [5, 5.41) is 0. The first-order valence-electron chi connectivity index (χ1n) is 1.87. The van der Waals surface area contributed by atoms with Gasteiger partial charge in [-0.3, -0.25) is 0 Å². The minimum absolute atomic E-state index is 0. The summed E-state index contributed by atoms with van der Waals surface area (Å²) in [6, 6.07) is 0. The maximum Gasteiger partial charge on any atom is 0.671 e. The molecular weight excluding hydrogens is 317 g/mol. The monoisotopic (exact) mass is 326 g/mol. The second-order valence-electron chi connectivity index (χ2n) is 1.01. The van der Waals surface area contributed by atoms with Crippen LogP contribution in [0, 0.1) is 0 Å². The molecule has 0 saturated carbocycles. The first-order valence-corrected chi connectivity index (χ1v) is 3.62. The van der Waals surface area contributed by atoms with Crippen molar-refractivity contribution in [1.29, 1.82) is 0 Å². The van der Waals surface area contributed by atoms with Gasteiger partial charge in [0.2, 0.25) is 0 Å². The normalized spacial score (nSPS) is 10.5. The molecule has 4 nitrogen and oxygen atoms in total. The predicted octanol–water partition coefficient (Wildman–Crippen LogP) is -1.57. The van der Waals surface area contributed by atoms with Crippen molar-refractivity contribution in [3.63, 3.8) is 0 Å². The van der Waals surface area contributed by atoms with E-state index in [4.69, 9.17) is 14.4 Å². The molecule has 3 N–H and O–H groups in total. The molecule has 0 heterocycles. The Morgan fingerprint density at radius 2 is 1.75 bits per heavy atom. The molecule has 0 rings (SSSR count). The van der Waals surface area contributed by atoms with Crippen LogP contribution in [0.1, 0.15) is 6.92 Å². The molecule has 0 saturated heterocycles. The van der Waals surface area contributed by atoms with Gasteiger partial charge in [-0.05, 0) is 6.92 Å². The van der Waals surface area contributed by atoms with E-state index in [-0.39, 0.29) is 34.3 Å². The summed E-state index contributed by atoms with van der Waals surface area (Å²) in [5.74, 6) is 0. The fourth-order valence-corrected chi connectivity index (χ4v) is 0.581. The smallest absolute Gasteiger partial charge is 0.368 e. The van der Waals surface area contributed by atoms with Gasteiger partial charge in [-0.1, -0.05) is 0 Å². The summed E-state index contributed by atoms with van der Waals surface area (Å²) in [5.41, 5.74) is 0. The van der Waals surface area contributed by atoms with E-state index < -0.39 is 9.05 Å². The largest absolute Gasteiger partial charge is 0.671 e. The Kier molecular flexibility index (Phi) is 7.10. The van der Waals surface area contributed by atoms with Crippen molar-refractivity contribution in [2.45, 2.75) is 6.92 Å². The molecule has 0 spiro atoms. The SMILES string of the molecule is CCO[Si](O)(O)O.[Hg]. The fourth-order valence-electron chi connectivity index (χ4n) is 0.194. The van der Waals surface area contributed by atoms with Gasteiger partial charge in [0.25, 0.3) is 0 Å². The van der Waals surface area contributed by atoms with Gasteiger partial charge in [-0.15, -0.1) is 0 Å². The molecule has 0 radical (unpaired) electrons. The van der Waals surface area contributed by atoms with Gasteiger partial charge in [0.15, 0.2) is 0 Å². The zero-order valence-corrected chi connectivity index (χ0v) is 11.2. The van der Waals surface area contributed by atoms with Gasteiger partial charge in [0.1, 0.15) is 0 Å². The molecule has 0 amide bonds. The summed E-state index contributed by atoms with van der Waals surface area (Å²) in [7, 11) is -4.16. The Labute approximate surface area is 69.1 Å². The van der Waals surface area contributed by atoms with E-state index >= 15 is 0 Å². The standard InChI is InChI=1S/C2H8O4Si.Hg/c1-2-6-7(3,4)5;/h3-5H,2H2,1H3;. The van der Waals surface area contributed by atoms with Gasteiger partial charge >= 0.3 is 9.05 Å². The van der Waals surface area contributed by atoms with Gasteiger partial charge in [0.05, 0.1) is 0 Å². The minimum atomic E-state index is -4.16. The van der Waals surface area contributed by atoms with E-state index in [1.165, 1.54) is 0 Å². The molecule has 0 aromatic heterocycles. The third-order valence-corrected chi connectivity index (χ3v) is 1.01. The fraction of sp³-hybridized carbons (Fsp3) is 1.00. The van der Waals surface area contributed by atoms with Crippen molar-refractivity contribution in [3.8, 4) is 0 Å². The van der Waals surface area contributed by atoms with Gasteiger partial charge in [0, 0.05) is 34.3 Å². The van der Waals surface area contributed by atoms with Crippen LogP contribution in [0.5, 0.6) is 0 Å². The molecule has 0 aromatic rings. The third kappa shape index (κ3) is 10.1. The van der Waals surface area contributed by atoms with Crippen molar-refractivity contribution in [1.82, 2.24) is 0 Å². The zero-order valence-electron chi connectivity index (χ0n) is 4.66. The van der Waals surface area contributed by atoms with Gasteiger partial charge in [-0.25, -0.2) is 0 Å². The Hall–Kier alpha value is 0.992. The van der Waals surface area contributed by atoms with E-state index in [1.807, 2.05) is 0 Å². The van der Waals surface area contributed by atoms with Crippen molar-refractivity contribution < 1.29 is 46.5 Å². The van der Waals surface area contributed by atoms with E-state index in [0.717, 1.165) is 0 Å². The van der Waals surface area contributed by atoms with Crippen molar-refractivity contribution in [2.24, 2.45) is 0 Å². The summed E-state index contributed by atoms with van der Waals surface area (Å²) >= 11 is 0. The van der Waals surface area contributed by atoms with Crippen molar-refractivity contribution in [3.05, 3.63) is 0 Å². The molecule has 0 atom stereocenters. The van der Waals surface area contributed by atoms with Gasteiger partial charge < -0.3 is 18.8 Å². The Bertz CT molecular complexity index is 52.5. The molecule has 46 valence electrons. The molecule has 0 unspecified atom stereocenters. The van der Waals surface area contributed by atoms with E-state index in [0.29, 0.717) is 0 Å². The number of hydrogen-bond donors (Lipinski definition) is 3. The van der Waals surface area contributed by atoms with Crippen molar-refractivity contribution in [2.75, 3.05) is 6.61 Å². The third-order valence-electron chi connectivity index (χ3n) is 0.338.